The van der Waals surface area contributed by atoms with Gasteiger partial charge in [0.2, 0.25) is 5.78 Å². The van der Waals surface area contributed by atoms with Crippen LogP contribution >= 0.6 is 0 Å². The van der Waals surface area contributed by atoms with E-state index in [9.17, 15) is 39.9 Å². The standard InChI is InChI=1S/C39H52N2O13/c1-17(42)35(54-25-16-37(3,48)33(40(5)6)18(2)52-25)39(41(7)8)14-20(15-39)53-32-28-23(34(47)38(4,49)36(32)51-10)13-22-27(31(28)46)30(45)26-21(29(22)44)11-19(50-9)12-24(26)43/h11-13,17-18,20,25,32-33,35-36,42-43,46,48-49H,14-16H2,1-10H3. The number of likely N-dealkylation sites (N-methyl/N-ethyl adjacent to an activating group) is 2. The molecule has 5 N–H and O–H groups in total. The van der Waals surface area contributed by atoms with Crippen LogP contribution < -0.4 is 4.74 Å². The molecule has 0 radical (unpaired) electrons. The average molecular weight is 757 g/mol. The molecule has 15 nitrogen and oxygen atoms in total. The molecular formula is C39H52N2O13. The van der Waals surface area contributed by atoms with Gasteiger partial charge < -0.3 is 59.0 Å². The zero-order chi connectivity index (χ0) is 40.0. The number of rotatable bonds is 10. The minimum absolute atomic E-state index is 0.122. The number of aliphatic hydroxyl groups is 3. The molecule has 15 heteroatoms. The highest BCUT2D eigenvalue weighted by molar-refractivity contribution is 6.31. The molecule has 0 bridgehead atoms. The Hall–Kier alpha value is -3.51. The summed E-state index contributed by atoms with van der Waals surface area (Å²) in [5.41, 5.74) is -5.69. The van der Waals surface area contributed by atoms with Crippen molar-refractivity contribution in [2.24, 2.45) is 0 Å². The average Bonchev–Trinajstić information content (AvgIpc) is 3.04. The predicted molar refractivity (Wildman–Crippen MR) is 192 cm³/mol. The van der Waals surface area contributed by atoms with E-state index in [1.807, 2.05) is 44.9 Å². The Bertz CT molecular complexity index is 1850. The maximum atomic E-state index is 13.9. The second kappa shape index (κ2) is 13.9. The lowest BCUT2D eigenvalue weighted by Gasteiger charge is -2.58. The summed E-state index contributed by atoms with van der Waals surface area (Å²) in [5.74, 6) is -3.54. The van der Waals surface area contributed by atoms with Crippen molar-refractivity contribution in [2.75, 3.05) is 42.4 Å². The van der Waals surface area contributed by atoms with E-state index in [0.29, 0.717) is 0 Å². The number of carbonyl (C=O) groups is 3. The van der Waals surface area contributed by atoms with Crippen LogP contribution in [0.25, 0.3) is 0 Å². The van der Waals surface area contributed by atoms with Crippen LogP contribution in [0.3, 0.4) is 0 Å². The largest absolute Gasteiger partial charge is 0.507 e. The molecule has 1 aliphatic heterocycles. The second-order valence-corrected chi connectivity index (χ2v) is 16.1. The van der Waals surface area contributed by atoms with Gasteiger partial charge in [-0.25, -0.2) is 0 Å². The molecule has 2 aromatic carbocycles. The third kappa shape index (κ3) is 6.14. The Labute approximate surface area is 314 Å². The molecular weight excluding hydrogens is 704 g/mol. The van der Waals surface area contributed by atoms with Crippen LogP contribution in [0.4, 0.5) is 0 Å². The quantitative estimate of drug-likeness (QED) is 0.201. The zero-order valence-electron chi connectivity index (χ0n) is 32.4. The van der Waals surface area contributed by atoms with E-state index >= 15 is 0 Å². The Morgan fingerprint density at radius 1 is 0.907 bits per heavy atom. The molecule has 1 heterocycles. The summed E-state index contributed by atoms with van der Waals surface area (Å²) in [4.78, 5) is 45.4. The molecule has 9 unspecified atom stereocenters. The Morgan fingerprint density at radius 2 is 1.54 bits per heavy atom. The van der Waals surface area contributed by atoms with Crippen LogP contribution in [0, 0.1) is 0 Å². The van der Waals surface area contributed by atoms with Gasteiger partial charge in [0.05, 0.1) is 53.7 Å². The third-order valence-electron chi connectivity index (χ3n) is 11.9. The van der Waals surface area contributed by atoms with E-state index in [2.05, 4.69) is 0 Å². The highest BCUT2D eigenvalue weighted by Gasteiger charge is 2.59. The number of hydrogen-bond donors (Lipinski definition) is 5. The second-order valence-electron chi connectivity index (χ2n) is 16.1. The number of nitrogens with zero attached hydrogens (tertiary/aromatic N) is 2. The molecule has 296 valence electrons. The fraction of sp³-hybridized carbons (Fsp3) is 0.615. The Kier molecular flexibility index (Phi) is 10.3. The molecule has 1 saturated carbocycles. The van der Waals surface area contributed by atoms with Crippen molar-refractivity contribution in [1.29, 1.82) is 0 Å². The van der Waals surface area contributed by atoms with Crippen LogP contribution in [0.1, 0.15) is 101 Å². The molecule has 0 amide bonds. The van der Waals surface area contributed by atoms with Crippen molar-refractivity contribution in [2.45, 2.75) is 113 Å². The number of aromatic hydroxyl groups is 2. The van der Waals surface area contributed by atoms with E-state index in [0.717, 1.165) is 0 Å². The Balaban J connectivity index is 1.34. The van der Waals surface area contributed by atoms with E-state index in [4.69, 9.17) is 23.7 Å². The van der Waals surface area contributed by atoms with Crippen molar-refractivity contribution in [3.8, 4) is 17.2 Å². The molecule has 9 atom stereocenters. The van der Waals surface area contributed by atoms with Gasteiger partial charge in [-0.15, -0.1) is 0 Å². The van der Waals surface area contributed by atoms with Gasteiger partial charge in [-0.05, 0) is 80.9 Å². The zero-order valence-corrected chi connectivity index (χ0v) is 32.4. The number of ketones is 3. The lowest BCUT2D eigenvalue weighted by Crippen LogP contribution is -2.69. The molecule has 3 aliphatic carbocycles. The molecule has 0 spiro atoms. The number of carbonyl (C=O) groups excluding carboxylic acids is 3. The van der Waals surface area contributed by atoms with Crippen LogP contribution in [-0.2, 0) is 18.9 Å². The van der Waals surface area contributed by atoms with Gasteiger partial charge in [0.15, 0.2) is 23.5 Å². The van der Waals surface area contributed by atoms with E-state index < -0.39 is 88.0 Å². The number of Topliss-reactive ketones (excluding diaryl/α,β-unsaturated/α-hetero) is 1. The van der Waals surface area contributed by atoms with Gasteiger partial charge in [0.25, 0.3) is 0 Å². The van der Waals surface area contributed by atoms with Gasteiger partial charge in [0.1, 0.15) is 35.6 Å². The number of fused-ring (bicyclic) bond motifs is 3. The van der Waals surface area contributed by atoms with Gasteiger partial charge >= 0.3 is 0 Å². The fourth-order valence-corrected chi connectivity index (χ4v) is 9.44. The first kappa shape index (κ1) is 40.2. The maximum absolute atomic E-state index is 13.9. The van der Waals surface area contributed by atoms with E-state index in [1.54, 1.807) is 13.8 Å². The minimum atomic E-state index is -2.18. The monoisotopic (exact) mass is 756 g/mol. The van der Waals surface area contributed by atoms with E-state index in [-0.39, 0.29) is 65.0 Å². The van der Waals surface area contributed by atoms with Crippen molar-refractivity contribution >= 4 is 17.3 Å². The van der Waals surface area contributed by atoms with Crippen LogP contribution in [0.2, 0.25) is 0 Å². The first-order valence-corrected chi connectivity index (χ1v) is 18.0. The van der Waals surface area contributed by atoms with Crippen LogP contribution in [0.15, 0.2) is 18.2 Å². The fourth-order valence-electron chi connectivity index (χ4n) is 9.44. The minimum Gasteiger partial charge on any atom is -0.507 e. The molecule has 54 heavy (non-hydrogen) atoms. The molecule has 6 rings (SSSR count). The smallest absolute Gasteiger partial charge is 0.201 e. The molecule has 1 saturated heterocycles. The van der Waals surface area contributed by atoms with Crippen molar-refractivity contribution in [3.05, 3.63) is 51.6 Å². The van der Waals surface area contributed by atoms with Gasteiger partial charge in [-0.2, -0.15) is 0 Å². The number of phenolic OH excluding ortho intramolecular Hbond substituents is 2. The maximum Gasteiger partial charge on any atom is 0.201 e. The number of hydrogen-bond acceptors (Lipinski definition) is 15. The normalized spacial score (nSPS) is 34.6. The van der Waals surface area contributed by atoms with Crippen LogP contribution in [0.5, 0.6) is 17.2 Å². The summed E-state index contributed by atoms with van der Waals surface area (Å²) in [5, 5.41) is 56.7. The Morgan fingerprint density at radius 3 is 2.07 bits per heavy atom. The predicted octanol–water partition coefficient (Wildman–Crippen LogP) is 1.95. The molecule has 2 aromatic rings. The first-order chi connectivity index (χ1) is 25.1. The van der Waals surface area contributed by atoms with Gasteiger partial charge in [-0.1, -0.05) is 0 Å². The summed E-state index contributed by atoms with van der Waals surface area (Å²) in [6, 6.07) is 3.36. The van der Waals surface area contributed by atoms with Crippen molar-refractivity contribution in [3.63, 3.8) is 0 Å². The molecule has 4 aliphatic rings. The summed E-state index contributed by atoms with van der Waals surface area (Å²) in [7, 11) is 10.0. The first-order valence-electron chi connectivity index (χ1n) is 18.0. The van der Waals surface area contributed by atoms with Gasteiger partial charge in [0, 0.05) is 41.9 Å². The summed E-state index contributed by atoms with van der Waals surface area (Å²) in [6.45, 7) is 6.48. The number of ether oxygens (including phenoxy) is 5. The summed E-state index contributed by atoms with van der Waals surface area (Å²) in [6.07, 6.45) is -5.57. The highest BCUT2D eigenvalue weighted by atomic mass is 16.7. The van der Waals surface area contributed by atoms with Crippen molar-refractivity contribution in [1.82, 2.24) is 9.80 Å². The van der Waals surface area contributed by atoms with E-state index in [1.165, 1.54) is 39.3 Å². The molecule has 2 fully saturated rings. The SMILES string of the molecule is COc1cc(O)c2c(c1)C(=O)c1cc3c(c(O)c1C2=O)C(OC1CC(C(OC2CC(C)(O)C(N(C)C)C(C)O2)C(C)O)(N(C)C)C1)C(OC)C(C)(O)C3=O. The number of methoxy groups -OCH3 is 2. The number of benzene rings is 2. The summed E-state index contributed by atoms with van der Waals surface area (Å²) < 4.78 is 30.2. The van der Waals surface area contributed by atoms with Crippen LogP contribution in [-0.4, -0.2) is 155 Å². The van der Waals surface area contributed by atoms with Gasteiger partial charge in [-0.3, -0.25) is 14.4 Å². The summed E-state index contributed by atoms with van der Waals surface area (Å²) >= 11 is 0. The number of aliphatic hydroxyl groups excluding tert-OH is 1. The van der Waals surface area contributed by atoms with Crippen molar-refractivity contribution < 1.29 is 63.6 Å². The topological polar surface area (TPSA) is 205 Å². The lowest BCUT2D eigenvalue weighted by molar-refractivity contribution is -0.302. The number of phenols is 2. The highest BCUT2D eigenvalue weighted by Crippen LogP contribution is 2.52. The third-order valence-corrected chi connectivity index (χ3v) is 11.9. The lowest BCUT2D eigenvalue weighted by atomic mass is 9.67. The molecule has 0 aromatic heterocycles.